The number of amides is 2. The third kappa shape index (κ3) is 4.91. The molecule has 142 valence electrons. The first kappa shape index (κ1) is 19.0. The first-order chi connectivity index (χ1) is 13.5. The van der Waals surface area contributed by atoms with Gasteiger partial charge in [0.2, 0.25) is 0 Å². The third-order valence-electron chi connectivity index (χ3n) is 3.79. The summed E-state index contributed by atoms with van der Waals surface area (Å²) in [7, 11) is 0. The summed E-state index contributed by atoms with van der Waals surface area (Å²) in [6, 6.07) is 13.8. The fraction of sp³-hybridized carbons (Fsp3) is 0.0952. The lowest BCUT2D eigenvalue weighted by Crippen LogP contribution is -2.16. The summed E-state index contributed by atoms with van der Waals surface area (Å²) in [5.41, 5.74) is 1.48. The Kier molecular flexibility index (Phi) is 5.96. The van der Waals surface area contributed by atoms with Crippen molar-refractivity contribution in [1.29, 1.82) is 0 Å². The summed E-state index contributed by atoms with van der Waals surface area (Å²) in [4.78, 5) is 28.7. The van der Waals surface area contributed by atoms with Gasteiger partial charge in [-0.2, -0.15) is 0 Å². The fourth-order valence-corrected chi connectivity index (χ4v) is 2.43. The molecular weight excluding hydrogens is 361 g/mol. The van der Waals surface area contributed by atoms with Crippen LogP contribution in [0.1, 0.15) is 27.6 Å². The molecule has 0 aliphatic carbocycles. The van der Waals surface area contributed by atoms with Gasteiger partial charge in [-0.05, 0) is 61.5 Å². The molecular formula is C21H18FN3O3. The number of anilines is 2. The standard InChI is InChI=1S/C21H18FN3O3/c1-2-28-19-9-7-18(8-10-19)25-21(27)15-11-14(12-23-13-15)20(26)24-17-5-3-16(22)4-6-17/h3-13H,2H2,1H3,(H,24,26)(H,25,27). The Morgan fingerprint density at radius 1 is 0.893 bits per heavy atom. The molecule has 0 aliphatic rings. The molecule has 0 bridgehead atoms. The Labute approximate surface area is 161 Å². The van der Waals surface area contributed by atoms with Crippen molar-refractivity contribution in [2.75, 3.05) is 17.2 Å². The normalized spacial score (nSPS) is 10.2. The van der Waals surface area contributed by atoms with Crippen molar-refractivity contribution in [3.8, 4) is 5.75 Å². The molecule has 1 aromatic heterocycles. The zero-order valence-electron chi connectivity index (χ0n) is 15.1. The molecule has 0 radical (unpaired) electrons. The Morgan fingerprint density at radius 2 is 1.39 bits per heavy atom. The number of benzene rings is 2. The topological polar surface area (TPSA) is 80.3 Å². The Balaban J connectivity index is 1.68. The third-order valence-corrected chi connectivity index (χ3v) is 3.79. The van der Waals surface area contributed by atoms with Gasteiger partial charge in [0.15, 0.2) is 0 Å². The number of hydrogen-bond acceptors (Lipinski definition) is 4. The average Bonchev–Trinajstić information content (AvgIpc) is 2.71. The Bertz CT molecular complexity index is 973. The minimum Gasteiger partial charge on any atom is -0.494 e. The fourth-order valence-electron chi connectivity index (χ4n) is 2.43. The number of carbonyl (C=O) groups excluding carboxylic acids is 2. The van der Waals surface area contributed by atoms with E-state index in [0.717, 1.165) is 0 Å². The molecule has 1 heterocycles. The van der Waals surface area contributed by atoms with Crippen LogP contribution in [0.15, 0.2) is 67.0 Å². The summed E-state index contributed by atoms with van der Waals surface area (Å²) in [6.07, 6.45) is 2.73. The number of pyridine rings is 1. The van der Waals surface area contributed by atoms with Crippen LogP contribution in [0.2, 0.25) is 0 Å². The van der Waals surface area contributed by atoms with Crippen LogP contribution in [-0.4, -0.2) is 23.4 Å². The van der Waals surface area contributed by atoms with Gasteiger partial charge in [0.05, 0.1) is 17.7 Å². The number of carbonyl (C=O) groups is 2. The highest BCUT2D eigenvalue weighted by molar-refractivity contribution is 6.08. The highest BCUT2D eigenvalue weighted by atomic mass is 19.1. The van der Waals surface area contributed by atoms with E-state index in [1.165, 1.54) is 42.7 Å². The maximum Gasteiger partial charge on any atom is 0.257 e. The molecule has 6 nitrogen and oxygen atoms in total. The van der Waals surface area contributed by atoms with Crippen LogP contribution in [0.4, 0.5) is 15.8 Å². The molecule has 0 aliphatic heterocycles. The van der Waals surface area contributed by atoms with E-state index in [1.54, 1.807) is 24.3 Å². The number of ether oxygens (including phenoxy) is 1. The summed E-state index contributed by atoms with van der Waals surface area (Å²) >= 11 is 0. The first-order valence-corrected chi connectivity index (χ1v) is 8.61. The van der Waals surface area contributed by atoms with Crippen LogP contribution in [0.5, 0.6) is 5.75 Å². The Hall–Kier alpha value is -3.74. The van der Waals surface area contributed by atoms with Crippen LogP contribution in [0.3, 0.4) is 0 Å². The first-order valence-electron chi connectivity index (χ1n) is 8.61. The van der Waals surface area contributed by atoms with Gasteiger partial charge < -0.3 is 15.4 Å². The second-order valence-corrected chi connectivity index (χ2v) is 5.83. The maximum atomic E-state index is 13.0. The SMILES string of the molecule is CCOc1ccc(NC(=O)c2cncc(C(=O)Nc3ccc(F)cc3)c2)cc1. The maximum absolute atomic E-state index is 13.0. The van der Waals surface area contributed by atoms with Gasteiger partial charge in [-0.25, -0.2) is 4.39 Å². The highest BCUT2D eigenvalue weighted by Crippen LogP contribution is 2.17. The predicted molar refractivity (Wildman–Crippen MR) is 104 cm³/mol. The molecule has 0 fully saturated rings. The minimum absolute atomic E-state index is 0.212. The van der Waals surface area contributed by atoms with Gasteiger partial charge in [-0.3, -0.25) is 14.6 Å². The van der Waals surface area contributed by atoms with Crippen LogP contribution >= 0.6 is 0 Å². The minimum atomic E-state index is -0.449. The molecule has 3 rings (SSSR count). The molecule has 0 saturated carbocycles. The number of aromatic nitrogens is 1. The van der Waals surface area contributed by atoms with E-state index in [-0.39, 0.29) is 11.1 Å². The van der Waals surface area contributed by atoms with Crippen molar-refractivity contribution < 1.29 is 18.7 Å². The zero-order valence-corrected chi connectivity index (χ0v) is 15.1. The summed E-state index contributed by atoms with van der Waals surface area (Å²) in [5.74, 6) is -0.530. The molecule has 28 heavy (non-hydrogen) atoms. The summed E-state index contributed by atoms with van der Waals surface area (Å²) < 4.78 is 18.3. The molecule has 2 aromatic carbocycles. The Morgan fingerprint density at radius 3 is 1.89 bits per heavy atom. The van der Waals surface area contributed by atoms with Crippen molar-refractivity contribution in [3.05, 3.63) is 83.9 Å². The largest absolute Gasteiger partial charge is 0.494 e. The van der Waals surface area contributed by atoms with Crippen molar-refractivity contribution in [2.45, 2.75) is 6.92 Å². The van der Waals surface area contributed by atoms with Crippen LogP contribution in [-0.2, 0) is 0 Å². The van der Waals surface area contributed by atoms with E-state index >= 15 is 0 Å². The van der Waals surface area contributed by atoms with Gasteiger partial charge in [0.1, 0.15) is 11.6 Å². The van der Waals surface area contributed by atoms with Crippen molar-refractivity contribution >= 4 is 23.2 Å². The van der Waals surface area contributed by atoms with Crippen LogP contribution < -0.4 is 15.4 Å². The lowest BCUT2D eigenvalue weighted by atomic mass is 10.1. The summed E-state index contributed by atoms with van der Waals surface area (Å²) in [6.45, 7) is 2.45. The van der Waals surface area contributed by atoms with E-state index in [9.17, 15) is 14.0 Å². The molecule has 0 atom stereocenters. The number of halogens is 1. The van der Waals surface area contributed by atoms with E-state index < -0.39 is 17.6 Å². The highest BCUT2D eigenvalue weighted by Gasteiger charge is 2.12. The van der Waals surface area contributed by atoms with E-state index in [2.05, 4.69) is 15.6 Å². The second kappa shape index (κ2) is 8.77. The second-order valence-electron chi connectivity index (χ2n) is 5.83. The number of nitrogens with zero attached hydrogens (tertiary/aromatic N) is 1. The number of hydrogen-bond donors (Lipinski definition) is 2. The molecule has 2 amide bonds. The molecule has 0 unspecified atom stereocenters. The van der Waals surface area contributed by atoms with Crippen molar-refractivity contribution in [1.82, 2.24) is 4.98 Å². The lowest BCUT2D eigenvalue weighted by Gasteiger charge is -2.08. The molecule has 7 heteroatoms. The summed E-state index contributed by atoms with van der Waals surface area (Å²) in [5, 5.41) is 5.37. The average molecular weight is 379 g/mol. The van der Waals surface area contributed by atoms with E-state index in [1.807, 2.05) is 6.92 Å². The van der Waals surface area contributed by atoms with E-state index in [4.69, 9.17) is 4.74 Å². The number of nitrogens with one attached hydrogen (secondary N) is 2. The quantitative estimate of drug-likeness (QED) is 0.675. The van der Waals surface area contributed by atoms with Gasteiger partial charge >= 0.3 is 0 Å². The van der Waals surface area contributed by atoms with Crippen LogP contribution in [0, 0.1) is 5.82 Å². The van der Waals surface area contributed by atoms with Gasteiger partial charge in [0.25, 0.3) is 11.8 Å². The smallest absolute Gasteiger partial charge is 0.257 e. The molecule has 0 saturated heterocycles. The monoisotopic (exact) mass is 379 g/mol. The lowest BCUT2D eigenvalue weighted by molar-refractivity contribution is 0.102. The molecule has 2 N–H and O–H groups in total. The van der Waals surface area contributed by atoms with Gasteiger partial charge in [-0.1, -0.05) is 0 Å². The van der Waals surface area contributed by atoms with Gasteiger partial charge in [0, 0.05) is 23.8 Å². The molecule has 0 spiro atoms. The van der Waals surface area contributed by atoms with Crippen molar-refractivity contribution in [3.63, 3.8) is 0 Å². The van der Waals surface area contributed by atoms with E-state index in [0.29, 0.717) is 23.7 Å². The molecule has 3 aromatic rings. The van der Waals surface area contributed by atoms with Gasteiger partial charge in [-0.15, -0.1) is 0 Å². The van der Waals surface area contributed by atoms with Crippen LogP contribution in [0.25, 0.3) is 0 Å². The zero-order chi connectivity index (χ0) is 19.9. The predicted octanol–water partition coefficient (Wildman–Crippen LogP) is 4.12. The van der Waals surface area contributed by atoms with Crippen molar-refractivity contribution in [2.24, 2.45) is 0 Å². The number of rotatable bonds is 6.